The molecule has 2 aromatic carbocycles. The second-order valence-corrected chi connectivity index (χ2v) is 6.63. The van der Waals surface area contributed by atoms with Crippen molar-refractivity contribution in [2.75, 3.05) is 11.4 Å². The van der Waals surface area contributed by atoms with E-state index in [2.05, 4.69) is 16.7 Å². The van der Waals surface area contributed by atoms with Crippen LogP contribution in [-0.2, 0) is 11.3 Å². The van der Waals surface area contributed by atoms with Gasteiger partial charge in [-0.05, 0) is 61.2 Å². The lowest BCUT2D eigenvalue weighted by atomic mass is 10.1. The third-order valence-electron chi connectivity index (χ3n) is 4.37. The zero-order valence-corrected chi connectivity index (χ0v) is 14.9. The Kier molecular flexibility index (Phi) is 5.21. The van der Waals surface area contributed by atoms with E-state index in [0.717, 1.165) is 16.8 Å². The summed E-state index contributed by atoms with van der Waals surface area (Å²) in [6.45, 7) is 4.75. The number of hydrogen-bond acceptors (Lipinski definition) is 2. The third-order valence-corrected chi connectivity index (χ3v) is 4.37. The summed E-state index contributed by atoms with van der Waals surface area (Å²) in [5.74, 6) is -0.462. The van der Waals surface area contributed by atoms with Gasteiger partial charge in [0.1, 0.15) is 11.9 Å². The van der Waals surface area contributed by atoms with Crippen LogP contribution in [0.25, 0.3) is 0 Å². The highest BCUT2D eigenvalue weighted by Crippen LogP contribution is 2.24. The second kappa shape index (κ2) is 7.56. The van der Waals surface area contributed by atoms with Crippen LogP contribution < -0.4 is 15.5 Å². The molecule has 136 valence electrons. The van der Waals surface area contributed by atoms with Crippen LogP contribution in [0.1, 0.15) is 23.1 Å². The van der Waals surface area contributed by atoms with Crippen molar-refractivity contribution in [3.8, 4) is 0 Å². The van der Waals surface area contributed by atoms with Crippen LogP contribution >= 0.6 is 0 Å². The van der Waals surface area contributed by atoms with Gasteiger partial charge >= 0.3 is 6.03 Å². The lowest BCUT2D eigenvalue weighted by molar-refractivity contribution is -0.118. The number of rotatable bonds is 4. The van der Waals surface area contributed by atoms with E-state index in [1.807, 2.05) is 26.0 Å². The lowest BCUT2D eigenvalue weighted by Crippen LogP contribution is -2.46. The Morgan fingerprint density at radius 2 is 1.92 bits per heavy atom. The van der Waals surface area contributed by atoms with Crippen LogP contribution in [0.2, 0.25) is 0 Å². The summed E-state index contributed by atoms with van der Waals surface area (Å²) in [6.07, 6.45) is 0.555. The molecule has 1 atom stereocenters. The molecule has 26 heavy (non-hydrogen) atoms. The van der Waals surface area contributed by atoms with Crippen molar-refractivity contribution in [3.05, 3.63) is 65.0 Å². The van der Waals surface area contributed by atoms with Crippen molar-refractivity contribution >= 4 is 17.6 Å². The van der Waals surface area contributed by atoms with E-state index in [4.69, 9.17) is 0 Å². The van der Waals surface area contributed by atoms with Gasteiger partial charge in [0.2, 0.25) is 5.91 Å². The Morgan fingerprint density at radius 3 is 2.62 bits per heavy atom. The average Bonchev–Trinajstić information content (AvgIpc) is 2.93. The Balaban J connectivity index is 1.57. The topological polar surface area (TPSA) is 61.4 Å². The fourth-order valence-corrected chi connectivity index (χ4v) is 3.22. The minimum absolute atomic E-state index is 0.115. The molecule has 1 aliphatic heterocycles. The summed E-state index contributed by atoms with van der Waals surface area (Å²) in [5.41, 5.74) is 3.71. The molecule has 0 saturated carbocycles. The molecule has 0 radical (unpaired) electrons. The summed E-state index contributed by atoms with van der Waals surface area (Å²) in [7, 11) is 0. The molecule has 1 saturated heterocycles. The summed E-state index contributed by atoms with van der Waals surface area (Å²) in [4.78, 5) is 26.4. The number of hydrogen-bond donors (Lipinski definition) is 2. The van der Waals surface area contributed by atoms with Crippen LogP contribution in [0.15, 0.2) is 42.5 Å². The monoisotopic (exact) mass is 355 g/mol. The van der Waals surface area contributed by atoms with Crippen LogP contribution in [-0.4, -0.2) is 24.5 Å². The predicted molar refractivity (Wildman–Crippen MR) is 98.4 cm³/mol. The van der Waals surface area contributed by atoms with Crippen LogP contribution in [0.4, 0.5) is 14.9 Å². The van der Waals surface area contributed by atoms with Crippen molar-refractivity contribution in [2.24, 2.45) is 0 Å². The Bertz CT molecular complexity index is 817. The maximum absolute atomic E-state index is 13.2. The number of benzene rings is 2. The van der Waals surface area contributed by atoms with Crippen molar-refractivity contribution < 1.29 is 14.0 Å². The van der Waals surface area contributed by atoms with Crippen molar-refractivity contribution in [2.45, 2.75) is 32.9 Å². The summed E-state index contributed by atoms with van der Waals surface area (Å²) in [6, 6.07) is 11.0. The van der Waals surface area contributed by atoms with E-state index in [1.165, 1.54) is 12.1 Å². The van der Waals surface area contributed by atoms with E-state index < -0.39 is 12.1 Å². The molecule has 1 fully saturated rings. The molecule has 1 aliphatic rings. The number of nitrogens with one attached hydrogen (secondary N) is 2. The zero-order valence-electron chi connectivity index (χ0n) is 14.9. The maximum Gasteiger partial charge on any atom is 0.315 e. The summed E-state index contributed by atoms with van der Waals surface area (Å²) < 4.78 is 13.2. The fourth-order valence-electron chi connectivity index (χ4n) is 3.22. The average molecular weight is 355 g/mol. The first-order valence-electron chi connectivity index (χ1n) is 8.61. The van der Waals surface area contributed by atoms with Gasteiger partial charge in [-0.1, -0.05) is 18.2 Å². The highest BCUT2D eigenvalue weighted by molar-refractivity contribution is 6.01. The molecular formula is C20H22FN3O2. The largest absolute Gasteiger partial charge is 0.334 e. The number of carbonyl (C=O) groups is 2. The number of anilines is 1. The molecule has 2 N–H and O–H groups in total. The van der Waals surface area contributed by atoms with Crippen molar-refractivity contribution in [1.29, 1.82) is 0 Å². The van der Waals surface area contributed by atoms with Gasteiger partial charge < -0.3 is 15.5 Å². The molecule has 3 amide bonds. The van der Waals surface area contributed by atoms with Gasteiger partial charge in [-0.15, -0.1) is 0 Å². The summed E-state index contributed by atoms with van der Waals surface area (Å²) >= 11 is 0. The molecule has 6 heteroatoms. The lowest BCUT2D eigenvalue weighted by Gasteiger charge is -2.18. The van der Waals surface area contributed by atoms with Gasteiger partial charge in [0, 0.05) is 18.8 Å². The van der Waals surface area contributed by atoms with Gasteiger partial charge in [0.05, 0.1) is 0 Å². The molecule has 0 spiro atoms. The molecule has 1 heterocycles. The minimum Gasteiger partial charge on any atom is -0.334 e. The quantitative estimate of drug-likeness (QED) is 0.886. The molecule has 0 aromatic heterocycles. The van der Waals surface area contributed by atoms with Gasteiger partial charge in [-0.3, -0.25) is 4.79 Å². The molecule has 0 unspecified atom stereocenters. The SMILES string of the molecule is Cc1cc(C)cc(N2CC[C@@H](NC(=O)NCc3cccc(F)c3)C2=O)c1. The van der Waals surface area contributed by atoms with Gasteiger partial charge in [-0.25, -0.2) is 9.18 Å². The number of urea groups is 1. The molecule has 0 bridgehead atoms. The van der Waals surface area contributed by atoms with Crippen LogP contribution in [0, 0.1) is 19.7 Å². The maximum atomic E-state index is 13.2. The predicted octanol–water partition coefficient (Wildman–Crippen LogP) is 3.05. The molecule has 2 aromatic rings. The third kappa shape index (κ3) is 4.20. The highest BCUT2D eigenvalue weighted by atomic mass is 19.1. The molecular weight excluding hydrogens is 333 g/mol. The van der Waals surface area contributed by atoms with Crippen LogP contribution in [0.5, 0.6) is 0 Å². The first kappa shape index (κ1) is 17.9. The Hall–Kier alpha value is -2.89. The number of aryl methyl sites for hydroxylation is 2. The van der Waals surface area contributed by atoms with E-state index >= 15 is 0 Å². The van der Waals surface area contributed by atoms with Gasteiger partial charge in [0.15, 0.2) is 0 Å². The van der Waals surface area contributed by atoms with Crippen molar-refractivity contribution in [1.82, 2.24) is 10.6 Å². The smallest absolute Gasteiger partial charge is 0.315 e. The second-order valence-electron chi connectivity index (χ2n) is 6.63. The van der Waals surface area contributed by atoms with E-state index in [0.29, 0.717) is 18.5 Å². The minimum atomic E-state index is -0.552. The van der Waals surface area contributed by atoms with E-state index in [1.54, 1.807) is 17.0 Å². The van der Waals surface area contributed by atoms with Gasteiger partial charge in [0.25, 0.3) is 0 Å². The zero-order chi connectivity index (χ0) is 18.7. The number of nitrogens with zero attached hydrogens (tertiary/aromatic N) is 1. The van der Waals surface area contributed by atoms with Crippen LogP contribution in [0.3, 0.4) is 0 Å². The standard InChI is InChI=1S/C20H22FN3O2/c1-13-8-14(2)10-17(9-13)24-7-6-18(19(24)25)23-20(26)22-12-15-4-3-5-16(21)11-15/h3-5,8-11,18H,6-7,12H2,1-2H3,(H2,22,23,26)/t18-/m1/s1. The summed E-state index contributed by atoms with van der Waals surface area (Å²) in [5, 5.41) is 5.37. The Labute approximate surface area is 152 Å². The van der Waals surface area contributed by atoms with Gasteiger partial charge in [-0.2, -0.15) is 0 Å². The first-order valence-corrected chi connectivity index (χ1v) is 8.61. The molecule has 3 rings (SSSR count). The number of carbonyl (C=O) groups excluding carboxylic acids is 2. The highest BCUT2D eigenvalue weighted by Gasteiger charge is 2.33. The fraction of sp³-hybridized carbons (Fsp3) is 0.300. The van der Waals surface area contributed by atoms with Crippen molar-refractivity contribution in [3.63, 3.8) is 0 Å². The first-order chi connectivity index (χ1) is 12.4. The number of halogens is 1. The number of amides is 3. The Morgan fingerprint density at radius 1 is 1.19 bits per heavy atom. The molecule has 0 aliphatic carbocycles. The normalized spacial score (nSPS) is 16.7. The van der Waals surface area contributed by atoms with E-state index in [-0.39, 0.29) is 18.3 Å². The van der Waals surface area contributed by atoms with E-state index in [9.17, 15) is 14.0 Å². The molecule has 5 nitrogen and oxygen atoms in total.